The summed E-state index contributed by atoms with van der Waals surface area (Å²) in [5.41, 5.74) is 1.82. The third kappa shape index (κ3) is 2.96. The molecular weight excluding hydrogens is 224 g/mol. The number of rotatable bonds is 1. The minimum atomic E-state index is -0.202. The molecule has 1 fully saturated rings. The molecule has 4 heteroatoms. The summed E-state index contributed by atoms with van der Waals surface area (Å²) in [6.45, 7) is 0.853. The maximum absolute atomic E-state index is 9.55. The molecule has 3 nitrogen and oxygen atoms in total. The summed E-state index contributed by atoms with van der Waals surface area (Å²) in [6.07, 6.45) is 1.38. The van der Waals surface area contributed by atoms with Crippen LogP contribution in [0.25, 0.3) is 0 Å². The fourth-order valence-corrected chi connectivity index (χ4v) is 1.94. The minimum Gasteiger partial charge on any atom is -0.393 e. The maximum Gasteiger partial charge on any atom is 0.0991 e. The van der Waals surface area contributed by atoms with E-state index in [9.17, 15) is 5.11 Å². The molecular formula is C12H15ClN2O. The molecule has 86 valence electrons. The van der Waals surface area contributed by atoms with Gasteiger partial charge in [-0.15, -0.1) is 12.4 Å². The van der Waals surface area contributed by atoms with E-state index in [0.29, 0.717) is 5.56 Å². The molecule has 0 bridgehead atoms. The molecule has 1 aromatic carbocycles. The van der Waals surface area contributed by atoms with Crippen LogP contribution in [0.5, 0.6) is 0 Å². The Morgan fingerprint density at radius 3 is 2.56 bits per heavy atom. The molecule has 0 unspecified atom stereocenters. The van der Waals surface area contributed by atoms with Crippen molar-refractivity contribution in [3.05, 3.63) is 35.4 Å². The summed E-state index contributed by atoms with van der Waals surface area (Å²) in [6, 6.07) is 9.86. The van der Waals surface area contributed by atoms with Gasteiger partial charge in [0.1, 0.15) is 0 Å². The predicted molar refractivity (Wildman–Crippen MR) is 64.4 cm³/mol. The Labute approximate surface area is 102 Å². The Bertz CT molecular complexity index is 372. The highest BCUT2D eigenvalue weighted by molar-refractivity contribution is 5.85. The molecule has 0 spiro atoms. The summed E-state index contributed by atoms with van der Waals surface area (Å²) in [4.78, 5) is 0. The zero-order chi connectivity index (χ0) is 10.7. The van der Waals surface area contributed by atoms with Crippen molar-refractivity contribution in [1.29, 1.82) is 5.26 Å². The van der Waals surface area contributed by atoms with Gasteiger partial charge in [0.05, 0.1) is 17.7 Å². The van der Waals surface area contributed by atoms with Gasteiger partial charge in [-0.3, -0.25) is 0 Å². The molecule has 0 amide bonds. The van der Waals surface area contributed by atoms with Crippen LogP contribution in [0, 0.1) is 11.3 Å². The van der Waals surface area contributed by atoms with Crippen LogP contribution in [0.3, 0.4) is 0 Å². The van der Waals surface area contributed by atoms with Crippen molar-refractivity contribution in [2.75, 3.05) is 6.54 Å². The van der Waals surface area contributed by atoms with Crippen LogP contribution in [0.15, 0.2) is 24.3 Å². The van der Waals surface area contributed by atoms with E-state index in [1.807, 2.05) is 24.3 Å². The van der Waals surface area contributed by atoms with Crippen molar-refractivity contribution in [1.82, 2.24) is 5.32 Å². The van der Waals surface area contributed by atoms with Gasteiger partial charge >= 0.3 is 0 Å². The Kier molecular flexibility index (Phi) is 4.75. The number of nitrogens with one attached hydrogen (secondary N) is 1. The average molecular weight is 239 g/mol. The number of aliphatic hydroxyl groups is 1. The predicted octanol–water partition coefficient (Wildman–Crippen LogP) is 1.77. The average Bonchev–Trinajstić information content (AvgIpc) is 2.29. The second kappa shape index (κ2) is 5.86. The SMILES string of the molecule is Cl.N#Cc1ccc([C@@H]2C[C@@H](O)CCN2)cc1. The summed E-state index contributed by atoms with van der Waals surface area (Å²) >= 11 is 0. The monoisotopic (exact) mass is 238 g/mol. The molecule has 2 rings (SSSR count). The number of hydrogen-bond acceptors (Lipinski definition) is 3. The summed E-state index contributed by atoms with van der Waals surface area (Å²) in [7, 11) is 0. The van der Waals surface area contributed by atoms with Gasteiger partial charge in [0, 0.05) is 6.04 Å². The molecule has 0 aliphatic carbocycles. The summed E-state index contributed by atoms with van der Waals surface area (Å²) in [5, 5.41) is 21.6. The van der Waals surface area contributed by atoms with E-state index in [4.69, 9.17) is 5.26 Å². The lowest BCUT2D eigenvalue weighted by molar-refractivity contribution is 0.117. The van der Waals surface area contributed by atoms with Crippen LogP contribution in [-0.4, -0.2) is 17.8 Å². The molecule has 1 heterocycles. The zero-order valence-electron chi connectivity index (χ0n) is 8.89. The molecule has 0 saturated carbocycles. The Morgan fingerprint density at radius 1 is 1.31 bits per heavy atom. The first kappa shape index (κ1) is 13.0. The van der Waals surface area contributed by atoms with E-state index >= 15 is 0 Å². The standard InChI is InChI=1S/C12H14N2O.ClH/c13-8-9-1-3-10(4-2-9)12-7-11(15)5-6-14-12;/h1-4,11-12,14-15H,5-7H2;1H/t11-,12-;/m0./s1. The summed E-state index contributed by atoms with van der Waals surface area (Å²) in [5.74, 6) is 0. The van der Waals surface area contributed by atoms with Gasteiger partial charge in [0.15, 0.2) is 0 Å². The largest absolute Gasteiger partial charge is 0.393 e. The lowest BCUT2D eigenvalue weighted by atomic mass is 9.95. The van der Waals surface area contributed by atoms with Gasteiger partial charge in [-0.05, 0) is 37.1 Å². The van der Waals surface area contributed by atoms with E-state index in [2.05, 4.69) is 11.4 Å². The highest BCUT2D eigenvalue weighted by Gasteiger charge is 2.20. The molecule has 16 heavy (non-hydrogen) atoms. The molecule has 0 radical (unpaired) electrons. The Hall–Kier alpha value is -1.08. The van der Waals surface area contributed by atoms with Crippen molar-refractivity contribution < 1.29 is 5.11 Å². The second-order valence-electron chi connectivity index (χ2n) is 3.92. The van der Waals surface area contributed by atoms with Crippen molar-refractivity contribution in [3.63, 3.8) is 0 Å². The fourth-order valence-electron chi connectivity index (χ4n) is 1.94. The van der Waals surface area contributed by atoms with E-state index in [1.165, 1.54) is 0 Å². The lowest BCUT2D eigenvalue weighted by Gasteiger charge is -2.27. The van der Waals surface area contributed by atoms with Crippen LogP contribution >= 0.6 is 12.4 Å². The Balaban J connectivity index is 0.00000128. The molecule has 1 aliphatic rings. The van der Waals surface area contributed by atoms with Crippen LogP contribution in [0.2, 0.25) is 0 Å². The third-order valence-corrected chi connectivity index (χ3v) is 2.82. The third-order valence-electron chi connectivity index (χ3n) is 2.82. The number of benzene rings is 1. The number of aliphatic hydroxyl groups excluding tert-OH is 1. The van der Waals surface area contributed by atoms with Gasteiger partial charge in [-0.2, -0.15) is 5.26 Å². The number of nitriles is 1. The molecule has 1 aromatic rings. The van der Waals surface area contributed by atoms with E-state index < -0.39 is 0 Å². The van der Waals surface area contributed by atoms with Crippen molar-refractivity contribution in [3.8, 4) is 6.07 Å². The van der Waals surface area contributed by atoms with Crippen molar-refractivity contribution in [2.24, 2.45) is 0 Å². The fraction of sp³-hybridized carbons (Fsp3) is 0.417. The van der Waals surface area contributed by atoms with Gasteiger partial charge in [0.25, 0.3) is 0 Å². The number of halogens is 1. The van der Waals surface area contributed by atoms with E-state index in [1.54, 1.807) is 0 Å². The van der Waals surface area contributed by atoms with Crippen LogP contribution < -0.4 is 5.32 Å². The molecule has 1 saturated heterocycles. The zero-order valence-corrected chi connectivity index (χ0v) is 9.70. The maximum atomic E-state index is 9.55. The van der Waals surface area contributed by atoms with E-state index in [0.717, 1.165) is 24.9 Å². The van der Waals surface area contributed by atoms with E-state index in [-0.39, 0.29) is 24.6 Å². The van der Waals surface area contributed by atoms with Gasteiger partial charge < -0.3 is 10.4 Å². The molecule has 1 aliphatic heterocycles. The van der Waals surface area contributed by atoms with Crippen molar-refractivity contribution >= 4 is 12.4 Å². The first-order valence-corrected chi connectivity index (χ1v) is 5.21. The molecule has 2 atom stereocenters. The first-order chi connectivity index (χ1) is 7.29. The quantitative estimate of drug-likeness (QED) is 0.784. The number of nitrogens with zero attached hydrogens (tertiary/aromatic N) is 1. The van der Waals surface area contributed by atoms with Crippen LogP contribution in [0.1, 0.15) is 30.0 Å². The molecule has 2 N–H and O–H groups in total. The minimum absolute atomic E-state index is 0. The summed E-state index contributed by atoms with van der Waals surface area (Å²) < 4.78 is 0. The second-order valence-corrected chi connectivity index (χ2v) is 3.92. The smallest absolute Gasteiger partial charge is 0.0991 e. The highest BCUT2D eigenvalue weighted by atomic mass is 35.5. The number of piperidine rings is 1. The normalized spacial score (nSPS) is 24.2. The van der Waals surface area contributed by atoms with Gasteiger partial charge in [-0.1, -0.05) is 12.1 Å². The first-order valence-electron chi connectivity index (χ1n) is 5.21. The highest BCUT2D eigenvalue weighted by Crippen LogP contribution is 2.23. The van der Waals surface area contributed by atoms with Gasteiger partial charge in [-0.25, -0.2) is 0 Å². The van der Waals surface area contributed by atoms with Crippen LogP contribution in [-0.2, 0) is 0 Å². The Morgan fingerprint density at radius 2 is 2.00 bits per heavy atom. The molecule has 0 aromatic heterocycles. The van der Waals surface area contributed by atoms with Crippen LogP contribution in [0.4, 0.5) is 0 Å². The topological polar surface area (TPSA) is 56.0 Å². The number of hydrogen-bond donors (Lipinski definition) is 2. The lowest BCUT2D eigenvalue weighted by Crippen LogP contribution is -2.34. The van der Waals surface area contributed by atoms with Crippen molar-refractivity contribution in [2.45, 2.75) is 25.0 Å². The van der Waals surface area contributed by atoms with Gasteiger partial charge in [0.2, 0.25) is 0 Å².